The molecule has 0 bridgehead atoms. The standard InChI is InChI=1S/C8H6N2O7S2/c11-5-9-18(13,14)3-7-1-2-8(17-7)4-19(15,16)10-6-12/h1-2H,3-4H2. The fourth-order valence-electron chi connectivity index (χ4n) is 1.12. The number of sulfonamides is 2. The highest BCUT2D eigenvalue weighted by molar-refractivity contribution is 7.89. The maximum atomic E-state index is 11.1. The number of carbonyl (C=O) groups excluding carboxylic acids is 2. The van der Waals surface area contributed by atoms with Crippen molar-refractivity contribution in [1.29, 1.82) is 0 Å². The molecule has 19 heavy (non-hydrogen) atoms. The quantitative estimate of drug-likeness (QED) is 0.514. The van der Waals surface area contributed by atoms with Gasteiger partial charge in [0.2, 0.25) is 0 Å². The van der Waals surface area contributed by atoms with Crippen molar-refractivity contribution in [2.75, 3.05) is 0 Å². The van der Waals surface area contributed by atoms with E-state index in [0.29, 0.717) is 0 Å². The summed E-state index contributed by atoms with van der Waals surface area (Å²) in [7, 11) is -8.11. The van der Waals surface area contributed by atoms with Gasteiger partial charge in [-0.1, -0.05) is 8.80 Å². The van der Waals surface area contributed by atoms with Crippen LogP contribution in [0.2, 0.25) is 0 Å². The second-order valence-electron chi connectivity index (χ2n) is 3.19. The molecule has 0 fully saturated rings. The number of nitrogens with zero attached hydrogens (tertiary/aromatic N) is 2. The Balaban J connectivity index is 2.90. The van der Waals surface area contributed by atoms with Crippen LogP contribution >= 0.6 is 0 Å². The van der Waals surface area contributed by atoms with Crippen LogP contribution in [0.15, 0.2) is 25.3 Å². The summed E-state index contributed by atoms with van der Waals surface area (Å²) in [5, 5.41) is 0. The first kappa shape index (κ1) is 15.0. The lowest BCUT2D eigenvalue weighted by Crippen LogP contribution is -2.00. The third kappa shape index (κ3) is 4.98. The van der Waals surface area contributed by atoms with Gasteiger partial charge in [-0.15, -0.1) is 0 Å². The van der Waals surface area contributed by atoms with E-state index in [1.54, 1.807) is 0 Å². The predicted molar refractivity (Wildman–Crippen MR) is 60.2 cm³/mol. The highest BCUT2D eigenvalue weighted by atomic mass is 32.2. The first-order chi connectivity index (χ1) is 8.78. The van der Waals surface area contributed by atoms with Crippen molar-refractivity contribution in [3.05, 3.63) is 23.7 Å². The molecule has 0 aromatic carbocycles. The Kier molecular flexibility index (Phi) is 4.52. The Morgan fingerprint density at radius 3 is 1.58 bits per heavy atom. The molecule has 9 nitrogen and oxygen atoms in total. The van der Waals surface area contributed by atoms with E-state index in [9.17, 15) is 26.4 Å². The lowest BCUT2D eigenvalue weighted by Gasteiger charge is -1.94. The van der Waals surface area contributed by atoms with Crippen LogP contribution in [-0.2, 0) is 41.1 Å². The van der Waals surface area contributed by atoms with Gasteiger partial charge in [-0.05, 0) is 12.1 Å². The zero-order valence-corrected chi connectivity index (χ0v) is 10.8. The smallest absolute Gasteiger partial charge is 0.270 e. The van der Waals surface area contributed by atoms with E-state index in [0.717, 1.165) is 12.2 Å². The molecule has 0 saturated carbocycles. The maximum absolute atomic E-state index is 11.1. The normalized spacial score (nSPS) is 11.4. The fourth-order valence-corrected chi connectivity index (χ4v) is 2.50. The fraction of sp³-hybridized carbons (Fsp3) is 0.250. The minimum atomic E-state index is -4.05. The molecule has 0 unspecified atom stereocenters. The Morgan fingerprint density at radius 1 is 0.895 bits per heavy atom. The van der Waals surface area contributed by atoms with Crippen molar-refractivity contribution in [3.63, 3.8) is 0 Å². The molecule has 102 valence electrons. The molecule has 1 heterocycles. The molecule has 0 atom stereocenters. The molecule has 0 aliphatic carbocycles. The van der Waals surface area contributed by atoms with Gasteiger partial charge >= 0.3 is 0 Å². The molecule has 1 aromatic heterocycles. The highest BCUT2D eigenvalue weighted by Gasteiger charge is 2.17. The topological polar surface area (TPSA) is 140 Å². The third-order valence-electron chi connectivity index (χ3n) is 1.72. The summed E-state index contributed by atoms with van der Waals surface area (Å²) in [5.41, 5.74) is 0. The molecule has 0 amide bonds. The van der Waals surface area contributed by atoms with Crippen molar-refractivity contribution in [2.45, 2.75) is 11.5 Å². The van der Waals surface area contributed by atoms with Crippen LogP contribution in [0.4, 0.5) is 0 Å². The van der Waals surface area contributed by atoms with Gasteiger partial charge in [0, 0.05) is 0 Å². The number of hydrogen-bond acceptors (Lipinski definition) is 7. The zero-order chi connectivity index (χ0) is 14.5. The molecule has 0 aliphatic rings. The van der Waals surface area contributed by atoms with Crippen LogP contribution in [0.5, 0.6) is 0 Å². The Labute approximate surface area is 107 Å². The first-order valence-electron chi connectivity index (χ1n) is 4.49. The second-order valence-corrected chi connectivity index (χ2v) is 6.46. The Hall–Kier alpha value is -2.06. The average molecular weight is 306 g/mol. The second kappa shape index (κ2) is 5.72. The molecule has 0 aliphatic heterocycles. The van der Waals surface area contributed by atoms with Crippen molar-refractivity contribution in [1.82, 2.24) is 0 Å². The lowest BCUT2D eigenvalue weighted by molar-refractivity contribution is 0.487. The summed E-state index contributed by atoms with van der Waals surface area (Å²) in [5.74, 6) is -1.64. The van der Waals surface area contributed by atoms with E-state index in [1.807, 2.05) is 0 Å². The zero-order valence-electron chi connectivity index (χ0n) is 9.14. The van der Waals surface area contributed by atoms with Crippen molar-refractivity contribution in [3.8, 4) is 0 Å². The van der Waals surface area contributed by atoms with Gasteiger partial charge in [-0.2, -0.15) is 0 Å². The molecule has 0 saturated heterocycles. The van der Waals surface area contributed by atoms with E-state index in [4.69, 9.17) is 4.42 Å². The van der Waals surface area contributed by atoms with Crippen LogP contribution < -0.4 is 0 Å². The molecular weight excluding hydrogens is 300 g/mol. The molecular formula is C8H6N2O7S2. The van der Waals surface area contributed by atoms with Gasteiger partial charge in [0.25, 0.3) is 32.2 Å². The number of isocyanates is 2. The summed E-state index contributed by atoms with van der Waals surface area (Å²) >= 11 is 0. The largest absolute Gasteiger partial charge is 0.464 e. The summed E-state index contributed by atoms with van der Waals surface area (Å²) in [6, 6.07) is 2.40. The molecule has 1 aromatic rings. The summed E-state index contributed by atoms with van der Waals surface area (Å²) in [4.78, 5) is 19.7. The van der Waals surface area contributed by atoms with Gasteiger partial charge in [0.1, 0.15) is 23.0 Å². The van der Waals surface area contributed by atoms with Crippen LogP contribution in [0.3, 0.4) is 0 Å². The van der Waals surface area contributed by atoms with Crippen LogP contribution in [-0.4, -0.2) is 29.0 Å². The van der Waals surface area contributed by atoms with Crippen molar-refractivity contribution < 1.29 is 30.8 Å². The highest BCUT2D eigenvalue weighted by Crippen LogP contribution is 2.15. The van der Waals surface area contributed by atoms with E-state index in [-0.39, 0.29) is 11.5 Å². The van der Waals surface area contributed by atoms with E-state index < -0.39 is 31.6 Å². The van der Waals surface area contributed by atoms with E-state index in [2.05, 4.69) is 8.80 Å². The Morgan fingerprint density at radius 2 is 1.26 bits per heavy atom. The van der Waals surface area contributed by atoms with Gasteiger partial charge < -0.3 is 4.42 Å². The van der Waals surface area contributed by atoms with Gasteiger partial charge in [0.05, 0.1) is 0 Å². The summed E-state index contributed by atoms with van der Waals surface area (Å²) < 4.78 is 54.6. The summed E-state index contributed by atoms with van der Waals surface area (Å²) in [6.45, 7) is 0. The lowest BCUT2D eigenvalue weighted by atomic mass is 10.5. The Bertz CT molecular complexity index is 697. The maximum Gasteiger partial charge on any atom is 0.270 e. The van der Waals surface area contributed by atoms with Crippen LogP contribution in [0.1, 0.15) is 11.5 Å². The summed E-state index contributed by atoms with van der Waals surface area (Å²) in [6.07, 6.45) is 1.76. The van der Waals surface area contributed by atoms with Gasteiger partial charge in [0.15, 0.2) is 0 Å². The number of furan rings is 1. The van der Waals surface area contributed by atoms with E-state index >= 15 is 0 Å². The number of rotatable bonds is 6. The minimum absolute atomic E-state index is 0.112. The van der Waals surface area contributed by atoms with Crippen LogP contribution in [0.25, 0.3) is 0 Å². The SMILES string of the molecule is O=C=NS(=O)(=O)Cc1ccc(CS(=O)(=O)N=C=O)o1. The molecule has 0 spiro atoms. The van der Waals surface area contributed by atoms with Crippen LogP contribution in [0, 0.1) is 0 Å². The predicted octanol–water partition coefficient (Wildman–Crippen LogP) is -0.389. The average Bonchev–Trinajstić information content (AvgIpc) is 2.62. The number of hydrogen-bond donors (Lipinski definition) is 0. The monoisotopic (exact) mass is 306 g/mol. The van der Waals surface area contributed by atoms with Crippen molar-refractivity contribution >= 4 is 32.2 Å². The van der Waals surface area contributed by atoms with Gasteiger partial charge in [-0.3, -0.25) is 0 Å². The molecule has 0 N–H and O–H groups in total. The van der Waals surface area contributed by atoms with Gasteiger partial charge in [-0.25, -0.2) is 26.4 Å². The molecule has 1 rings (SSSR count). The van der Waals surface area contributed by atoms with E-state index in [1.165, 1.54) is 12.1 Å². The minimum Gasteiger partial charge on any atom is -0.464 e. The molecule has 11 heteroatoms. The van der Waals surface area contributed by atoms with Crippen molar-refractivity contribution in [2.24, 2.45) is 8.80 Å². The third-order valence-corrected chi connectivity index (χ3v) is 3.72. The molecule has 0 radical (unpaired) electrons. The first-order valence-corrected chi connectivity index (χ1v) is 7.71.